The highest BCUT2D eigenvalue weighted by atomic mass is 17.0. The van der Waals surface area contributed by atoms with Gasteiger partial charge in [-0.1, -0.05) is 20.3 Å². The molecule has 0 aromatic carbocycles. The molecule has 6 aliphatic rings. The van der Waals surface area contributed by atoms with E-state index in [9.17, 15) is 0 Å². The van der Waals surface area contributed by atoms with Gasteiger partial charge in [-0.2, -0.15) is 0 Å². The van der Waals surface area contributed by atoms with Gasteiger partial charge >= 0.3 is 0 Å². The van der Waals surface area contributed by atoms with Gasteiger partial charge in [-0.3, -0.25) is 0 Å². The molecule has 0 aromatic heterocycles. The molecule has 116 valence electrons. The van der Waals surface area contributed by atoms with Gasteiger partial charge in [0.25, 0.3) is 0 Å². The monoisotopic (exact) mass is 288 g/mol. The maximum Gasteiger partial charge on any atom is 0.229 e. The van der Waals surface area contributed by atoms with Crippen LogP contribution in [0.15, 0.2) is 0 Å². The Morgan fingerprint density at radius 2 is 1.71 bits per heavy atom. The summed E-state index contributed by atoms with van der Waals surface area (Å²) in [5.74, 6) is 3.69. The van der Waals surface area contributed by atoms with Gasteiger partial charge in [-0.25, -0.2) is 0 Å². The number of hydrogen-bond acceptors (Lipinski definition) is 2. The first-order valence-electron chi connectivity index (χ1n) is 9.41. The fourth-order valence-corrected chi connectivity index (χ4v) is 7.90. The minimum Gasteiger partial charge on any atom is -0.307 e. The van der Waals surface area contributed by atoms with E-state index in [-0.39, 0.29) is 11.6 Å². The van der Waals surface area contributed by atoms with Crippen molar-refractivity contribution < 1.29 is 9.47 Å². The maximum absolute atomic E-state index is 5.96. The van der Waals surface area contributed by atoms with E-state index in [4.69, 9.17) is 9.47 Å². The molecule has 4 saturated carbocycles. The molecule has 2 saturated heterocycles. The molecule has 6 atom stereocenters. The molecule has 2 nitrogen and oxygen atoms in total. The van der Waals surface area contributed by atoms with Crippen LogP contribution in [0.1, 0.15) is 71.6 Å². The normalized spacial score (nSPS) is 70.0. The quantitative estimate of drug-likeness (QED) is 0.614. The summed E-state index contributed by atoms with van der Waals surface area (Å²) in [6, 6.07) is 0. The maximum atomic E-state index is 5.96. The van der Waals surface area contributed by atoms with Gasteiger partial charge in [0.1, 0.15) is 0 Å². The fourth-order valence-electron chi connectivity index (χ4n) is 7.90. The molecule has 0 amide bonds. The molecule has 6 rings (SSSR count). The highest BCUT2D eigenvalue weighted by Crippen LogP contribution is 2.81. The SMILES string of the molecule is C[C@@]12CCC[C@H]1[C@@H]1CC[C@H]3CC45OC4(C[C@]3(C)[C@H]1CC2)O5. The minimum atomic E-state index is -0.0867. The Balaban J connectivity index is 1.37. The fraction of sp³-hybridized carbons (Fsp3) is 1.00. The number of epoxide rings is 2. The van der Waals surface area contributed by atoms with Gasteiger partial charge in [0.05, 0.1) is 0 Å². The summed E-state index contributed by atoms with van der Waals surface area (Å²) in [6.07, 6.45) is 12.8. The average molecular weight is 288 g/mol. The van der Waals surface area contributed by atoms with Crippen molar-refractivity contribution in [2.75, 3.05) is 0 Å². The summed E-state index contributed by atoms with van der Waals surface area (Å²) >= 11 is 0. The summed E-state index contributed by atoms with van der Waals surface area (Å²) < 4.78 is 11.9. The minimum absolute atomic E-state index is 0.0689. The summed E-state index contributed by atoms with van der Waals surface area (Å²) in [5, 5.41) is 0. The first kappa shape index (κ1) is 12.4. The van der Waals surface area contributed by atoms with Crippen LogP contribution in [0.3, 0.4) is 0 Å². The third-order valence-corrected chi connectivity index (χ3v) is 9.13. The van der Waals surface area contributed by atoms with Crippen molar-refractivity contribution in [3.05, 3.63) is 0 Å². The lowest BCUT2D eigenvalue weighted by atomic mass is 9.45. The van der Waals surface area contributed by atoms with E-state index < -0.39 is 0 Å². The second kappa shape index (κ2) is 3.24. The lowest BCUT2D eigenvalue weighted by Crippen LogP contribution is -2.52. The van der Waals surface area contributed by atoms with Crippen molar-refractivity contribution in [1.82, 2.24) is 0 Å². The molecule has 2 heterocycles. The predicted octanol–water partition coefficient (Wildman–Crippen LogP) is 4.48. The number of hydrogen-bond donors (Lipinski definition) is 0. The van der Waals surface area contributed by atoms with Gasteiger partial charge in [0.2, 0.25) is 11.6 Å². The number of rotatable bonds is 0. The van der Waals surface area contributed by atoms with Crippen molar-refractivity contribution in [2.24, 2.45) is 34.5 Å². The van der Waals surface area contributed by atoms with Crippen LogP contribution in [0.4, 0.5) is 0 Å². The highest BCUT2D eigenvalue weighted by molar-refractivity contribution is 5.26. The Hall–Kier alpha value is -0.0800. The van der Waals surface area contributed by atoms with Crippen molar-refractivity contribution >= 4 is 0 Å². The van der Waals surface area contributed by atoms with Crippen molar-refractivity contribution in [2.45, 2.75) is 83.2 Å². The van der Waals surface area contributed by atoms with Crippen molar-refractivity contribution in [3.63, 3.8) is 0 Å². The first-order chi connectivity index (χ1) is 10.0. The molecule has 0 bridgehead atoms. The van der Waals surface area contributed by atoms with Gasteiger partial charge in [-0.05, 0) is 73.0 Å². The molecule has 0 radical (unpaired) electrons. The molecule has 0 aromatic rings. The zero-order valence-corrected chi connectivity index (χ0v) is 13.5. The summed E-state index contributed by atoms with van der Waals surface area (Å²) in [7, 11) is 0. The highest BCUT2D eigenvalue weighted by Gasteiger charge is 2.94. The van der Waals surface area contributed by atoms with Crippen LogP contribution in [-0.4, -0.2) is 11.6 Å². The van der Waals surface area contributed by atoms with E-state index in [0.717, 1.165) is 23.7 Å². The molecular weight excluding hydrogens is 260 g/mol. The van der Waals surface area contributed by atoms with Crippen LogP contribution < -0.4 is 0 Å². The summed E-state index contributed by atoms with van der Waals surface area (Å²) in [4.78, 5) is 0. The van der Waals surface area contributed by atoms with E-state index in [1.807, 2.05) is 0 Å². The largest absolute Gasteiger partial charge is 0.307 e. The zero-order valence-electron chi connectivity index (χ0n) is 13.5. The first-order valence-corrected chi connectivity index (χ1v) is 9.41. The van der Waals surface area contributed by atoms with Crippen LogP contribution in [0.5, 0.6) is 0 Å². The molecule has 21 heavy (non-hydrogen) atoms. The van der Waals surface area contributed by atoms with Crippen LogP contribution in [0.2, 0.25) is 0 Å². The molecule has 6 fully saturated rings. The van der Waals surface area contributed by atoms with E-state index in [1.54, 1.807) is 0 Å². The van der Waals surface area contributed by atoms with Crippen LogP contribution in [-0.2, 0) is 9.47 Å². The smallest absolute Gasteiger partial charge is 0.229 e. The summed E-state index contributed by atoms with van der Waals surface area (Å²) in [6.45, 7) is 5.21. The Morgan fingerprint density at radius 3 is 2.57 bits per heavy atom. The van der Waals surface area contributed by atoms with Gasteiger partial charge < -0.3 is 9.47 Å². The molecule has 4 aliphatic carbocycles. The third-order valence-electron chi connectivity index (χ3n) is 9.13. The molecular formula is C19H28O2. The molecule has 0 N–H and O–H groups in total. The van der Waals surface area contributed by atoms with E-state index in [2.05, 4.69) is 13.8 Å². The van der Waals surface area contributed by atoms with Crippen LogP contribution >= 0.6 is 0 Å². The lowest BCUT2D eigenvalue weighted by Gasteiger charge is -2.58. The van der Waals surface area contributed by atoms with Crippen molar-refractivity contribution in [1.29, 1.82) is 0 Å². The van der Waals surface area contributed by atoms with Gasteiger partial charge in [0.15, 0.2) is 0 Å². The second-order valence-electron chi connectivity index (χ2n) is 9.83. The average Bonchev–Trinajstić information content (AvgIpc) is 3.15. The summed E-state index contributed by atoms with van der Waals surface area (Å²) in [5.41, 5.74) is 1.19. The molecule has 2 aliphatic heterocycles. The third kappa shape index (κ3) is 1.24. The van der Waals surface area contributed by atoms with E-state index in [1.165, 1.54) is 57.8 Å². The Morgan fingerprint density at radius 1 is 0.857 bits per heavy atom. The number of ether oxygens (including phenoxy) is 2. The van der Waals surface area contributed by atoms with E-state index in [0.29, 0.717) is 10.8 Å². The standard InChI is InChI=1S/C19H28O2/c1-16-8-3-4-14(16)13-6-5-12-10-18-19(20-18,21-18)11-17(12,2)15(13)7-9-16/h12-15H,3-11H2,1-2H3/t12-,13-,14-,15-,16-,17-,18?,19?/m0/s1. The zero-order chi connectivity index (χ0) is 14.1. The lowest BCUT2D eigenvalue weighted by molar-refractivity contribution is -0.111. The number of fused-ring (bicyclic) bond motifs is 5. The van der Waals surface area contributed by atoms with Crippen LogP contribution in [0, 0.1) is 34.5 Å². The van der Waals surface area contributed by atoms with Gasteiger partial charge in [0, 0.05) is 12.8 Å². The second-order valence-corrected chi connectivity index (χ2v) is 9.83. The Kier molecular flexibility index (Phi) is 1.91. The molecule has 0 unspecified atom stereocenters. The topological polar surface area (TPSA) is 25.1 Å². The van der Waals surface area contributed by atoms with Crippen molar-refractivity contribution in [3.8, 4) is 0 Å². The van der Waals surface area contributed by atoms with Gasteiger partial charge in [-0.15, -0.1) is 0 Å². The molecule has 0 spiro atoms. The predicted molar refractivity (Wildman–Crippen MR) is 79.4 cm³/mol. The van der Waals surface area contributed by atoms with Crippen LogP contribution in [0.25, 0.3) is 0 Å². The Labute approximate surface area is 128 Å². The molecule has 2 heteroatoms. The Bertz CT molecular complexity index is 522. The van der Waals surface area contributed by atoms with E-state index >= 15 is 0 Å².